The molecule has 0 amide bonds. The summed E-state index contributed by atoms with van der Waals surface area (Å²) in [7, 11) is 0. The summed E-state index contributed by atoms with van der Waals surface area (Å²) in [5.41, 5.74) is 0. The third kappa shape index (κ3) is 5.32. The van der Waals surface area contributed by atoms with Crippen LogP contribution in [0.15, 0.2) is 0 Å². The van der Waals surface area contributed by atoms with Crippen LogP contribution in [0, 0.1) is 53.8 Å². The molecular formula is C14H7F5O4. The van der Waals surface area contributed by atoms with Crippen molar-refractivity contribution in [1.29, 1.82) is 0 Å². The number of hydrogen-bond acceptors (Lipinski definition) is 4. The quantitative estimate of drug-likeness (QED) is 0.158. The summed E-state index contributed by atoms with van der Waals surface area (Å²) >= 11 is 0. The molecule has 9 heteroatoms. The highest BCUT2D eigenvalue weighted by Gasteiger charge is 2.28. The van der Waals surface area contributed by atoms with Gasteiger partial charge >= 0.3 is 11.9 Å². The molecule has 0 spiro atoms. The van der Waals surface area contributed by atoms with E-state index in [4.69, 9.17) is 0 Å². The van der Waals surface area contributed by atoms with Crippen molar-refractivity contribution in [2.75, 3.05) is 6.61 Å². The molecule has 4 nitrogen and oxygen atoms in total. The maximum Gasteiger partial charge on any atom is 0.389 e. The van der Waals surface area contributed by atoms with Crippen molar-refractivity contribution in [1.82, 2.24) is 0 Å². The molecule has 0 aliphatic heterocycles. The molecule has 0 unspecified atom stereocenters. The molecule has 23 heavy (non-hydrogen) atoms. The molecular weight excluding hydrogens is 327 g/mol. The van der Waals surface area contributed by atoms with Crippen LogP contribution in [0.5, 0.6) is 5.75 Å². The highest BCUT2D eigenvalue weighted by Crippen LogP contribution is 2.28. The average molecular weight is 334 g/mol. The first-order valence-electron chi connectivity index (χ1n) is 5.54. The number of hydrogen-bond donors (Lipinski definition) is 0. The lowest BCUT2D eigenvalue weighted by Gasteiger charge is -2.06. The first-order chi connectivity index (χ1) is 10.7. The Kier molecular flexibility index (Phi) is 7.84. The number of carbonyl (C=O) groups excluding carboxylic acids is 2. The van der Waals surface area contributed by atoms with Crippen LogP contribution in [0.1, 0.15) is 6.92 Å². The van der Waals surface area contributed by atoms with Gasteiger partial charge in [0.1, 0.15) is 0 Å². The molecule has 0 saturated heterocycles. The summed E-state index contributed by atoms with van der Waals surface area (Å²) in [6.45, 7) is 2.05. The predicted octanol–water partition coefficient (Wildman–Crippen LogP) is 2.10. The van der Waals surface area contributed by atoms with Gasteiger partial charge in [0.25, 0.3) is 0 Å². The van der Waals surface area contributed by atoms with E-state index in [1.54, 1.807) is 12.8 Å². The number of rotatable bonds is 2. The highest BCUT2D eigenvalue weighted by atomic mass is 19.2. The van der Waals surface area contributed by atoms with E-state index < -0.39 is 46.8 Å². The average Bonchev–Trinajstić information content (AvgIpc) is 2.55. The van der Waals surface area contributed by atoms with Gasteiger partial charge in [0.05, 0.1) is 6.61 Å². The summed E-state index contributed by atoms with van der Waals surface area (Å²) in [5.74, 6) is -12.1. The minimum absolute atomic E-state index is 0.350. The largest absolute Gasteiger partial charge is 0.456 e. The zero-order chi connectivity index (χ0) is 18.2. The number of terminal acetylenes is 2. The van der Waals surface area contributed by atoms with Gasteiger partial charge in [-0.3, -0.25) is 0 Å². The zero-order valence-corrected chi connectivity index (χ0v) is 11.4. The summed E-state index contributed by atoms with van der Waals surface area (Å²) in [6, 6.07) is 0. The Morgan fingerprint density at radius 1 is 0.870 bits per heavy atom. The number of ether oxygens (including phenoxy) is 2. The predicted molar refractivity (Wildman–Crippen MR) is 66.2 cm³/mol. The van der Waals surface area contributed by atoms with Crippen molar-refractivity contribution in [3.63, 3.8) is 0 Å². The van der Waals surface area contributed by atoms with Gasteiger partial charge in [0, 0.05) is 11.8 Å². The maximum atomic E-state index is 12.8. The molecule has 0 heterocycles. The summed E-state index contributed by atoms with van der Waals surface area (Å²) in [5, 5.41) is 0. The molecule has 0 radical (unpaired) electrons. The topological polar surface area (TPSA) is 52.6 Å². The lowest BCUT2D eigenvalue weighted by atomic mass is 10.2. The van der Waals surface area contributed by atoms with Crippen molar-refractivity contribution in [2.24, 2.45) is 0 Å². The van der Waals surface area contributed by atoms with Crippen LogP contribution >= 0.6 is 0 Å². The lowest BCUT2D eigenvalue weighted by Crippen LogP contribution is -2.11. The number of halogens is 5. The van der Waals surface area contributed by atoms with Gasteiger partial charge in [-0.1, -0.05) is 0 Å². The van der Waals surface area contributed by atoms with Crippen molar-refractivity contribution >= 4 is 11.9 Å². The van der Waals surface area contributed by atoms with Crippen LogP contribution in [0.2, 0.25) is 0 Å². The summed E-state index contributed by atoms with van der Waals surface area (Å²) in [6.07, 6.45) is 9.13. The fraction of sp³-hybridized carbons (Fsp3) is 0.143. The minimum atomic E-state index is -2.35. The second kappa shape index (κ2) is 9.05. The van der Waals surface area contributed by atoms with E-state index in [1.807, 2.05) is 0 Å². The van der Waals surface area contributed by atoms with Crippen molar-refractivity contribution < 1.29 is 41.0 Å². The van der Waals surface area contributed by atoms with Crippen molar-refractivity contribution in [2.45, 2.75) is 6.92 Å². The van der Waals surface area contributed by atoms with E-state index in [0.29, 0.717) is 6.61 Å². The second-order valence-electron chi connectivity index (χ2n) is 3.30. The van der Waals surface area contributed by atoms with Gasteiger partial charge in [0.15, 0.2) is 0 Å². The molecule has 0 atom stereocenters. The van der Waals surface area contributed by atoms with Crippen LogP contribution in [0.4, 0.5) is 22.0 Å². The van der Waals surface area contributed by atoms with E-state index in [0.717, 1.165) is 0 Å². The fourth-order valence-electron chi connectivity index (χ4n) is 0.969. The minimum Gasteiger partial charge on any atom is -0.456 e. The first-order valence-corrected chi connectivity index (χ1v) is 5.54. The van der Waals surface area contributed by atoms with Gasteiger partial charge in [-0.15, -0.1) is 12.8 Å². The third-order valence-corrected chi connectivity index (χ3v) is 1.88. The zero-order valence-electron chi connectivity index (χ0n) is 11.4. The highest BCUT2D eigenvalue weighted by molar-refractivity contribution is 5.89. The first kappa shape index (κ1) is 19.9. The normalized spacial score (nSPS) is 8.87. The van der Waals surface area contributed by atoms with Gasteiger partial charge in [0.2, 0.25) is 34.8 Å². The van der Waals surface area contributed by atoms with Gasteiger partial charge < -0.3 is 9.47 Å². The van der Waals surface area contributed by atoms with Crippen LogP contribution < -0.4 is 4.74 Å². The molecule has 0 saturated carbocycles. The summed E-state index contributed by atoms with van der Waals surface area (Å²) in [4.78, 5) is 20.4. The Bertz CT molecular complexity index is 672. The second-order valence-corrected chi connectivity index (χ2v) is 3.30. The number of esters is 2. The molecule has 1 rings (SSSR count). The lowest BCUT2D eigenvalue weighted by molar-refractivity contribution is -0.136. The van der Waals surface area contributed by atoms with Crippen LogP contribution in [-0.4, -0.2) is 18.5 Å². The fourth-order valence-corrected chi connectivity index (χ4v) is 0.969. The smallest absolute Gasteiger partial charge is 0.389 e. The molecule has 0 fully saturated rings. The Morgan fingerprint density at radius 2 is 1.26 bits per heavy atom. The Morgan fingerprint density at radius 3 is 1.57 bits per heavy atom. The third-order valence-electron chi connectivity index (χ3n) is 1.88. The monoisotopic (exact) mass is 334 g/mol. The number of carbonyl (C=O) groups is 2. The molecule has 122 valence electrons. The molecule has 0 N–H and O–H groups in total. The Hall–Kier alpha value is -3.07. The Balaban J connectivity index is 0.000000585. The van der Waals surface area contributed by atoms with E-state index in [-0.39, 0.29) is 0 Å². The Labute approximate surface area is 127 Å². The number of benzene rings is 1. The van der Waals surface area contributed by atoms with Crippen LogP contribution in [0.3, 0.4) is 0 Å². The van der Waals surface area contributed by atoms with E-state index >= 15 is 0 Å². The SMILES string of the molecule is C#CC(=O)OCC.C#CC(=O)Oc1c(F)c(F)c(F)c(F)c1F. The molecule has 0 aliphatic rings. The van der Waals surface area contributed by atoms with Gasteiger partial charge in [-0.05, 0) is 6.92 Å². The van der Waals surface area contributed by atoms with Crippen LogP contribution in [-0.2, 0) is 14.3 Å². The molecule has 0 aliphatic carbocycles. The van der Waals surface area contributed by atoms with Crippen molar-refractivity contribution in [3.05, 3.63) is 29.1 Å². The van der Waals surface area contributed by atoms with E-state index in [2.05, 4.69) is 22.3 Å². The van der Waals surface area contributed by atoms with Crippen molar-refractivity contribution in [3.8, 4) is 30.4 Å². The standard InChI is InChI=1S/C9HF5O2.C5H6O2/c1-2-3(15)16-9-7(13)5(11)4(10)6(12)8(9)14;1-3-5(6)7-4-2/h1H;1H,4H2,2H3. The summed E-state index contributed by atoms with van der Waals surface area (Å²) < 4.78 is 71.4. The molecule has 0 aromatic heterocycles. The van der Waals surface area contributed by atoms with Crippen LogP contribution in [0.25, 0.3) is 0 Å². The van der Waals surface area contributed by atoms with E-state index in [1.165, 1.54) is 5.92 Å². The van der Waals surface area contributed by atoms with Gasteiger partial charge in [-0.25, -0.2) is 22.8 Å². The van der Waals surface area contributed by atoms with E-state index in [9.17, 15) is 31.5 Å². The molecule has 1 aromatic rings. The molecule has 1 aromatic carbocycles. The van der Waals surface area contributed by atoms with Gasteiger partial charge in [-0.2, -0.15) is 8.78 Å². The molecule has 0 bridgehead atoms. The maximum absolute atomic E-state index is 12.8.